The molecule has 2 unspecified atom stereocenters. The summed E-state index contributed by atoms with van der Waals surface area (Å²) in [5.41, 5.74) is 5.59. The number of cyclic esters (lactones) is 2. The van der Waals surface area contributed by atoms with E-state index in [2.05, 4.69) is 23.3 Å². The molecule has 124 valence electrons. The number of rotatable bonds is 1. The van der Waals surface area contributed by atoms with Gasteiger partial charge in [0.15, 0.2) is 0 Å². The molecule has 0 aromatic carbocycles. The average molecular weight is 333 g/mol. The van der Waals surface area contributed by atoms with Gasteiger partial charge in [0, 0.05) is 12.2 Å². The summed E-state index contributed by atoms with van der Waals surface area (Å²) in [7, 11) is 0. The highest BCUT2D eigenvalue weighted by atomic mass is 32.1. The molecule has 1 aliphatic rings. The Morgan fingerprint density at radius 3 is 2.55 bits per heavy atom. The maximum Gasteiger partial charge on any atom is 0.325 e. The maximum absolute atomic E-state index is 11.8. The van der Waals surface area contributed by atoms with Crippen LogP contribution in [0.25, 0.3) is 0 Å². The lowest BCUT2D eigenvalue weighted by Crippen LogP contribution is -2.49. The van der Waals surface area contributed by atoms with E-state index in [1.54, 1.807) is 0 Å². The molecule has 0 bridgehead atoms. The van der Waals surface area contributed by atoms with Crippen molar-refractivity contribution in [3.63, 3.8) is 0 Å². The van der Waals surface area contributed by atoms with Crippen LogP contribution in [-0.2, 0) is 28.7 Å². The molecule has 10 heteroatoms. The Morgan fingerprint density at radius 2 is 1.86 bits per heavy atom. The van der Waals surface area contributed by atoms with Crippen LogP contribution in [0.1, 0.15) is 12.8 Å². The number of carbonyl (C=O) groups excluding carboxylic acids is 4. The van der Waals surface area contributed by atoms with E-state index < -0.39 is 35.8 Å². The summed E-state index contributed by atoms with van der Waals surface area (Å²) in [5.74, 6) is -2.31. The van der Waals surface area contributed by atoms with E-state index in [-0.39, 0.29) is 38.4 Å². The number of ether oxygens (including phenoxy) is 2. The van der Waals surface area contributed by atoms with Crippen LogP contribution < -0.4 is 16.4 Å². The highest BCUT2D eigenvalue weighted by Crippen LogP contribution is 2.00. The number of nitrogens with one attached hydrogen (secondary N) is 2. The van der Waals surface area contributed by atoms with Gasteiger partial charge in [-0.05, 0) is 6.42 Å². The third kappa shape index (κ3) is 6.31. The van der Waals surface area contributed by atoms with Crippen LogP contribution in [0.15, 0.2) is 0 Å². The third-order valence-electron chi connectivity index (χ3n) is 2.82. The second-order valence-corrected chi connectivity index (χ2v) is 4.92. The number of esters is 2. The summed E-state index contributed by atoms with van der Waals surface area (Å²) in [6, 6.07) is -1.85. The second kappa shape index (κ2) is 9.26. The van der Waals surface area contributed by atoms with Crippen LogP contribution in [0.5, 0.6) is 0 Å². The molecule has 0 aromatic heterocycles. The molecule has 0 saturated carbocycles. The van der Waals surface area contributed by atoms with Gasteiger partial charge in [0.25, 0.3) is 0 Å². The SMILES string of the molecule is NC1CCC(=O)NC(CS)C(=O)NCC(=O)OCCOC1=O. The van der Waals surface area contributed by atoms with Gasteiger partial charge in [-0.25, -0.2) is 0 Å². The van der Waals surface area contributed by atoms with Crippen LogP contribution in [-0.4, -0.2) is 61.3 Å². The largest absolute Gasteiger partial charge is 0.461 e. The molecule has 2 atom stereocenters. The predicted molar refractivity (Wildman–Crippen MR) is 77.9 cm³/mol. The van der Waals surface area contributed by atoms with E-state index in [9.17, 15) is 19.2 Å². The van der Waals surface area contributed by atoms with Crippen LogP contribution >= 0.6 is 12.6 Å². The highest BCUT2D eigenvalue weighted by molar-refractivity contribution is 7.80. The smallest absolute Gasteiger partial charge is 0.325 e. The molecular formula is C12H19N3O6S. The lowest BCUT2D eigenvalue weighted by molar-refractivity contribution is -0.152. The summed E-state index contributed by atoms with van der Waals surface area (Å²) in [6.45, 7) is -0.634. The molecule has 9 nitrogen and oxygen atoms in total. The molecular weight excluding hydrogens is 314 g/mol. The molecule has 2 amide bonds. The van der Waals surface area contributed by atoms with Gasteiger partial charge in [0.2, 0.25) is 11.8 Å². The van der Waals surface area contributed by atoms with Gasteiger partial charge in [0.05, 0.1) is 0 Å². The highest BCUT2D eigenvalue weighted by Gasteiger charge is 2.22. The summed E-state index contributed by atoms with van der Waals surface area (Å²) in [5, 5.41) is 4.78. The van der Waals surface area contributed by atoms with Crippen LogP contribution in [0, 0.1) is 0 Å². The first-order chi connectivity index (χ1) is 10.4. The molecule has 1 fully saturated rings. The van der Waals surface area contributed by atoms with Gasteiger partial charge in [-0.1, -0.05) is 0 Å². The fraction of sp³-hybridized carbons (Fsp3) is 0.667. The first kappa shape index (κ1) is 18.2. The van der Waals surface area contributed by atoms with Gasteiger partial charge in [-0.15, -0.1) is 0 Å². The molecule has 4 N–H and O–H groups in total. The molecule has 0 aromatic rings. The number of hydrogen-bond donors (Lipinski definition) is 4. The minimum atomic E-state index is -0.963. The number of carbonyl (C=O) groups is 4. The van der Waals surface area contributed by atoms with Crippen LogP contribution in [0.2, 0.25) is 0 Å². The van der Waals surface area contributed by atoms with E-state index in [1.165, 1.54) is 0 Å². The van der Waals surface area contributed by atoms with Gasteiger partial charge in [-0.3, -0.25) is 19.2 Å². The van der Waals surface area contributed by atoms with Crippen molar-refractivity contribution in [2.75, 3.05) is 25.5 Å². The van der Waals surface area contributed by atoms with Gasteiger partial charge in [-0.2, -0.15) is 12.6 Å². The zero-order valence-electron chi connectivity index (χ0n) is 11.9. The number of amides is 2. The van der Waals surface area contributed by atoms with Crippen molar-refractivity contribution in [3.05, 3.63) is 0 Å². The number of hydrogen-bond acceptors (Lipinski definition) is 8. The summed E-state index contributed by atoms with van der Waals surface area (Å²) in [6.07, 6.45) is 0.0363. The van der Waals surface area contributed by atoms with Crippen molar-refractivity contribution < 1.29 is 28.7 Å². The van der Waals surface area contributed by atoms with E-state index in [0.29, 0.717) is 0 Å². The molecule has 0 radical (unpaired) electrons. The summed E-state index contributed by atoms with van der Waals surface area (Å²) in [4.78, 5) is 46.4. The third-order valence-corrected chi connectivity index (χ3v) is 3.18. The van der Waals surface area contributed by atoms with Gasteiger partial charge in [0.1, 0.15) is 31.8 Å². The second-order valence-electron chi connectivity index (χ2n) is 4.55. The minimum Gasteiger partial charge on any atom is -0.461 e. The monoisotopic (exact) mass is 333 g/mol. The molecule has 22 heavy (non-hydrogen) atoms. The Hall–Kier alpha value is -1.81. The quantitative estimate of drug-likeness (QED) is 0.313. The van der Waals surface area contributed by atoms with Crippen LogP contribution in [0.4, 0.5) is 0 Å². The van der Waals surface area contributed by atoms with Crippen LogP contribution in [0.3, 0.4) is 0 Å². The van der Waals surface area contributed by atoms with Crippen molar-refractivity contribution in [1.29, 1.82) is 0 Å². The van der Waals surface area contributed by atoms with Gasteiger partial charge >= 0.3 is 11.9 Å². The Bertz CT molecular complexity index is 445. The zero-order chi connectivity index (χ0) is 16.5. The average Bonchev–Trinajstić information content (AvgIpc) is 2.51. The zero-order valence-corrected chi connectivity index (χ0v) is 12.8. The standard InChI is InChI=1S/C12H19N3O6S/c13-7-1-2-9(16)15-8(6-22)11(18)14-5-10(17)20-3-4-21-12(7)19/h7-8,22H,1-6,13H2,(H,14,18)(H,15,16). The summed E-state index contributed by atoms with van der Waals surface area (Å²) >= 11 is 3.98. The first-order valence-corrected chi connectivity index (χ1v) is 7.33. The van der Waals surface area contributed by atoms with Crippen molar-refractivity contribution in [3.8, 4) is 0 Å². The lowest BCUT2D eigenvalue weighted by Gasteiger charge is -2.16. The number of thiol groups is 1. The Labute approximate surface area is 132 Å². The lowest BCUT2D eigenvalue weighted by atomic mass is 10.1. The molecule has 1 aliphatic heterocycles. The summed E-state index contributed by atoms with van der Waals surface area (Å²) < 4.78 is 9.57. The number of nitrogens with two attached hydrogens (primary N) is 1. The maximum atomic E-state index is 11.8. The molecule has 1 heterocycles. The Balaban J connectivity index is 2.70. The van der Waals surface area contributed by atoms with Crippen molar-refractivity contribution in [1.82, 2.24) is 10.6 Å². The molecule has 0 spiro atoms. The molecule has 0 aliphatic carbocycles. The predicted octanol–water partition coefficient (Wildman–Crippen LogP) is -2.28. The molecule has 1 saturated heterocycles. The Kier molecular flexibility index (Phi) is 7.67. The normalized spacial score (nSPS) is 25.9. The fourth-order valence-corrected chi connectivity index (χ4v) is 1.86. The topological polar surface area (TPSA) is 137 Å². The first-order valence-electron chi connectivity index (χ1n) is 6.69. The van der Waals surface area contributed by atoms with Crippen molar-refractivity contribution in [2.45, 2.75) is 24.9 Å². The molecule has 1 rings (SSSR count). The van der Waals surface area contributed by atoms with Gasteiger partial charge < -0.3 is 25.8 Å². The minimum absolute atomic E-state index is 0.0384. The van der Waals surface area contributed by atoms with Crippen molar-refractivity contribution in [2.24, 2.45) is 5.73 Å². The van der Waals surface area contributed by atoms with E-state index >= 15 is 0 Å². The van der Waals surface area contributed by atoms with E-state index in [4.69, 9.17) is 15.2 Å². The van der Waals surface area contributed by atoms with E-state index in [0.717, 1.165) is 0 Å². The van der Waals surface area contributed by atoms with Crippen molar-refractivity contribution >= 4 is 36.4 Å². The fourth-order valence-electron chi connectivity index (χ4n) is 1.60. The Morgan fingerprint density at radius 1 is 1.18 bits per heavy atom. The van der Waals surface area contributed by atoms with E-state index in [1.807, 2.05) is 0 Å².